The number of fused-ring (bicyclic) bond motifs is 5. The predicted molar refractivity (Wildman–Crippen MR) is 107 cm³/mol. The lowest BCUT2D eigenvalue weighted by atomic mass is 9.94. The molecule has 0 fully saturated rings. The molecule has 7 heteroatoms. The zero-order valence-corrected chi connectivity index (χ0v) is 16.0. The summed E-state index contributed by atoms with van der Waals surface area (Å²) in [6.07, 6.45) is 4.49. The van der Waals surface area contributed by atoms with E-state index < -0.39 is 10.0 Å². The summed E-state index contributed by atoms with van der Waals surface area (Å²) in [4.78, 5) is 6.12. The molecular weight excluding hydrogens is 374 g/mol. The van der Waals surface area contributed by atoms with Crippen LogP contribution in [0.4, 0.5) is 0 Å². The minimum Gasteiger partial charge on any atom is -0.323 e. The van der Waals surface area contributed by atoms with Crippen LogP contribution in [0.3, 0.4) is 0 Å². The van der Waals surface area contributed by atoms with Crippen LogP contribution in [0.5, 0.6) is 0 Å². The Kier molecular flexibility index (Phi) is 4.13. The van der Waals surface area contributed by atoms with E-state index in [4.69, 9.17) is 10.6 Å². The predicted octanol–water partition coefficient (Wildman–Crippen LogP) is 2.61. The smallest absolute Gasteiger partial charge is 0.268 e. The third kappa shape index (κ3) is 2.55. The van der Waals surface area contributed by atoms with Gasteiger partial charge < -0.3 is 5.73 Å². The Labute approximate surface area is 163 Å². The normalized spacial score (nSPS) is 22.6. The van der Waals surface area contributed by atoms with Crippen molar-refractivity contribution in [3.8, 4) is 0 Å². The van der Waals surface area contributed by atoms with E-state index in [0.717, 1.165) is 10.9 Å². The largest absolute Gasteiger partial charge is 0.323 e. The standard InChI is InChI=1S/C21H21N3O3S/c22-18-10-6-14-27-23-13-12-17-16-9-4-5-11-19(16)24(20(17)21(18)23)28(25,26)15-7-2-1-3-8-15/h1-11,18,21H,12-14,22H2/t18-,21+/m1/s1. The lowest BCUT2D eigenvalue weighted by Crippen LogP contribution is -2.44. The molecule has 0 unspecified atom stereocenters. The molecule has 2 aliphatic heterocycles. The van der Waals surface area contributed by atoms with Gasteiger partial charge in [0.15, 0.2) is 0 Å². The van der Waals surface area contributed by atoms with E-state index in [-0.39, 0.29) is 17.0 Å². The number of hydroxylamine groups is 2. The van der Waals surface area contributed by atoms with Crippen LogP contribution in [0, 0.1) is 0 Å². The molecule has 0 radical (unpaired) electrons. The van der Waals surface area contributed by atoms with Gasteiger partial charge in [-0.3, -0.25) is 4.84 Å². The van der Waals surface area contributed by atoms with Gasteiger partial charge in [0.05, 0.1) is 28.8 Å². The van der Waals surface area contributed by atoms with Gasteiger partial charge in [-0.05, 0) is 30.2 Å². The van der Waals surface area contributed by atoms with Crippen LogP contribution >= 0.6 is 0 Å². The summed E-state index contributed by atoms with van der Waals surface area (Å²) in [5.41, 5.74) is 8.88. The molecule has 28 heavy (non-hydrogen) atoms. The average molecular weight is 395 g/mol. The van der Waals surface area contributed by atoms with Crippen molar-refractivity contribution in [3.05, 3.63) is 78.0 Å². The van der Waals surface area contributed by atoms with Gasteiger partial charge in [0.25, 0.3) is 10.0 Å². The third-order valence-electron chi connectivity index (χ3n) is 5.49. The first-order valence-corrected chi connectivity index (χ1v) is 10.8. The van der Waals surface area contributed by atoms with Crippen molar-refractivity contribution in [2.45, 2.75) is 23.4 Å². The zero-order valence-electron chi connectivity index (χ0n) is 15.2. The SMILES string of the molecule is N[C@@H]1C=CCON2CCc3c(n(S(=O)(=O)c4ccccc4)c4ccccc34)[C@H]12. The van der Waals surface area contributed by atoms with Gasteiger partial charge in [-0.2, -0.15) is 5.06 Å². The number of rotatable bonds is 2. The lowest BCUT2D eigenvalue weighted by molar-refractivity contribution is -0.182. The van der Waals surface area contributed by atoms with Crippen LogP contribution in [0.2, 0.25) is 0 Å². The molecule has 2 aromatic carbocycles. The highest BCUT2D eigenvalue weighted by Gasteiger charge is 2.40. The van der Waals surface area contributed by atoms with Gasteiger partial charge in [0.2, 0.25) is 0 Å². The molecule has 0 amide bonds. The first-order chi connectivity index (χ1) is 13.6. The second-order valence-electron chi connectivity index (χ2n) is 7.10. The van der Waals surface area contributed by atoms with E-state index in [1.165, 1.54) is 3.97 Å². The van der Waals surface area contributed by atoms with Crippen LogP contribution in [0.25, 0.3) is 10.9 Å². The minimum atomic E-state index is -3.79. The van der Waals surface area contributed by atoms with Crippen LogP contribution < -0.4 is 5.73 Å². The van der Waals surface area contributed by atoms with Crippen LogP contribution in [0.1, 0.15) is 17.3 Å². The Hall–Kier alpha value is -2.45. The summed E-state index contributed by atoms with van der Waals surface area (Å²) in [5.74, 6) is 0. The van der Waals surface area contributed by atoms with Crippen molar-refractivity contribution >= 4 is 20.9 Å². The highest BCUT2D eigenvalue weighted by Crippen LogP contribution is 2.41. The summed E-state index contributed by atoms with van der Waals surface area (Å²) >= 11 is 0. The highest BCUT2D eigenvalue weighted by atomic mass is 32.2. The molecule has 6 nitrogen and oxygen atoms in total. The number of nitrogens with zero attached hydrogens (tertiary/aromatic N) is 2. The van der Waals surface area contributed by atoms with Crippen LogP contribution in [-0.2, 0) is 21.3 Å². The molecule has 5 rings (SSSR count). The molecule has 0 spiro atoms. The molecule has 3 heterocycles. The molecule has 1 aromatic heterocycles. The number of para-hydroxylation sites is 1. The Morgan fingerprint density at radius 3 is 2.61 bits per heavy atom. The van der Waals surface area contributed by atoms with Crippen molar-refractivity contribution in [2.75, 3.05) is 13.2 Å². The van der Waals surface area contributed by atoms with E-state index in [9.17, 15) is 8.42 Å². The molecule has 144 valence electrons. The van der Waals surface area contributed by atoms with E-state index in [2.05, 4.69) is 0 Å². The number of benzene rings is 2. The van der Waals surface area contributed by atoms with Gasteiger partial charge in [0.1, 0.15) is 0 Å². The number of aromatic nitrogens is 1. The molecule has 2 aliphatic rings. The van der Waals surface area contributed by atoms with E-state index in [0.29, 0.717) is 30.8 Å². The minimum absolute atomic E-state index is 0.259. The number of nitrogens with two attached hydrogens (primary N) is 1. The molecule has 0 saturated carbocycles. The van der Waals surface area contributed by atoms with Crippen LogP contribution in [-0.4, -0.2) is 36.6 Å². The lowest BCUT2D eigenvalue weighted by Gasteiger charge is -2.36. The Morgan fingerprint density at radius 1 is 1.04 bits per heavy atom. The van der Waals surface area contributed by atoms with Crippen molar-refractivity contribution in [2.24, 2.45) is 5.73 Å². The molecule has 0 saturated heterocycles. The van der Waals surface area contributed by atoms with Crippen LogP contribution in [0.15, 0.2) is 71.6 Å². The zero-order chi connectivity index (χ0) is 19.3. The van der Waals surface area contributed by atoms with Gasteiger partial charge in [0, 0.05) is 18.0 Å². The second-order valence-corrected chi connectivity index (χ2v) is 8.89. The average Bonchev–Trinajstić information content (AvgIpc) is 2.94. The van der Waals surface area contributed by atoms with E-state index in [1.807, 2.05) is 47.5 Å². The summed E-state index contributed by atoms with van der Waals surface area (Å²) in [7, 11) is -3.79. The summed E-state index contributed by atoms with van der Waals surface area (Å²) in [5, 5.41) is 2.79. The topological polar surface area (TPSA) is 77.6 Å². The summed E-state index contributed by atoms with van der Waals surface area (Å²) in [6, 6.07) is 15.5. The van der Waals surface area contributed by atoms with Gasteiger partial charge in [-0.25, -0.2) is 12.4 Å². The van der Waals surface area contributed by atoms with Crippen molar-refractivity contribution in [3.63, 3.8) is 0 Å². The van der Waals surface area contributed by atoms with Gasteiger partial charge >= 0.3 is 0 Å². The molecule has 2 atom stereocenters. The summed E-state index contributed by atoms with van der Waals surface area (Å²) < 4.78 is 28.9. The second kappa shape index (κ2) is 6.56. The number of hydrogen-bond acceptors (Lipinski definition) is 5. The van der Waals surface area contributed by atoms with E-state index in [1.54, 1.807) is 24.3 Å². The fourth-order valence-corrected chi connectivity index (χ4v) is 5.89. The van der Waals surface area contributed by atoms with Gasteiger partial charge in [-0.1, -0.05) is 48.6 Å². The molecule has 0 bridgehead atoms. The monoisotopic (exact) mass is 395 g/mol. The Morgan fingerprint density at radius 2 is 1.79 bits per heavy atom. The number of hydrogen-bond donors (Lipinski definition) is 1. The fraction of sp³-hybridized carbons (Fsp3) is 0.238. The van der Waals surface area contributed by atoms with Crippen molar-refractivity contribution in [1.82, 2.24) is 9.04 Å². The first kappa shape index (κ1) is 17.6. The maximum Gasteiger partial charge on any atom is 0.268 e. The third-order valence-corrected chi connectivity index (χ3v) is 7.23. The maximum absolute atomic E-state index is 13.7. The Bertz CT molecular complexity index is 1170. The van der Waals surface area contributed by atoms with Crippen molar-refractivity contribution < 1.29 is 13.3 Å². The maximum atomic E-state index is 13.7. The van der Waals surface area contributed by atoms with Crippen molar-refractivity contribution in [1.29, 1.82) is 0 Å². The molecule has 2 N–H and O–H groups in total. The molecule has 0 aliphatic carbocycles. The van der Waals surface area contributed by atoms with E-state index >= 15 is 0 Å². The highest BCUT2D eigenvalue weighted by molar-refractivity contribution is 7.90. The first-order valence-electron chi connectivity index (χ1n) is 9.33. The molecular formula is C21H21N3O3S. The molecule has 3 aromatic rings. The fourth-order valence-electron chi connectivity index (χ4n) is 4.29. The quantitative estimate of drug-likeness (QED) is 0.675. The van der Waals surface area contributed by atoms with Gasteiger partial charge in [-0.15, -0.1) is 0 Å². The Balaban J connectivity index is 1.85. The summed E-state index contributed by atoms with van der Waals surface area (Å²) in [6.45, 7) is 1.11.